The van der Waals surface area contributed by atoms with Gasteiger partial charge in [-0.3, -0.25) is 0 Å². The van der Waals surface area contributed by atoms with Crippen LogP contribution in [0.3, 0.4) is 0 Å². The van der Waals surface area contributed by atoms with E-state index in [-0.39, 0.29) is 5.69 Å². The fourth-order valence-corrected chi connectivity index (χ4v) is 1.55. The first-order valence-corrected chi connectivity index (χ1v) is 4.41. The average molecular weight is 201 g/mol. The van der Waals surface area contributed by atoms with Gasteiger partial charge in [0, 0.05) is 0 Å². The Kier molecular flexibility index (Phi) is 1.49. The molecule has 6 heteroatoms. The lowest BCUT2D eigenvalue weighted by Gasteiger charge is -1.99. The highest BCUT2D eigenvalue weighted by atomic mass is 16.2. The van der Waals surface area contributed by atoms with Gasteiger partial charge in [-0.2, -0.15) is 9.47 Å². The van der Waals surface area contributed by atoms with Gasteiger partial charge in [0.2, 0.25) is 0 Å². The summed E-state index contributed by atoms with van der Waals surface area (Å²) in [6.07, 6.45) is 2.86. The second-order valence-corrected chi connectivity index (χ2v) is 3.07. The lowest BCUT2D eigenvalue weighted by molar-refractivity contribution is 0.570. The van der Waals surface area contributed by atoms with E-state index < -0.39 is 0 Å². The number of imidazole rings is 1. The number of aromatic nitrogens is 5. The van der Waals surface area contributed by atoms with Gasteiger partial charge < -0.3 is 4.98 Å². The van der Waals surface area contributed by atoms with E-state index in [0.717, 1.165) is 11.0 Å². The van der Waals surface area contributed by atoms with Crippen molar-refractivity contribution in [1.29, 1.82) is 0 Å². The van der Waals surface area contributed by atoms with Crippen molar-refractivity contribution in [3.05, 3.63) is 47.4 Å². The van der Waals surface area contributed by atoms with Crippen LogP contribution in [0.25, 0.3) is 11.0 Å². The fourth-order valence-electron chi connectivity index (χ4n) is 1.55. The largest absolute Gasteiger partial charge is 0.347 e. The number of fused-ring (bicyclic) bond motifs is 1. The SMILES string of the molecule is O=c1[nH]c2ccccc2n1-n1cncn1. The molecule has 74 valence electrons. The van der Waals surface area contributed by atoms with Crippen LogP contribution in [0, 0.1) is 0 Å². The van der Waals surface area contributed by atoms with Crippen LogP contribution < -0.4 is 5.69 Å². The third-order valence-electron chi connectivity index (χ3n) is 2.18. The summed E-state index contributed by atoms with van der Waals surface area (Å²) in [6, 6.07) is 7.41. The van der Waals surface area contributed by atoms with E-state index in [0.29, 0.717) is 0 Å². The Balaban J connectivity index is 2.44. The van der Waals surface area contributed by atoms with Gasteiger partial charge in [-0.1, -0.05) is 12.1 Å². The molecular formula is C9H7N5O. The zero-order valence-electron chi connectivity index (χ0n) is 7.66. The molecule has 1 aromatic carbocycles. The predicted octanol–water partition coefficient (Wildman–Crippen LogP) is 0.232. The van der Waals surface area contributed by atoms with Gasteiger partial charge in [0.05, 0.1) is 11.0 Å². The Labute approximate surface area is 83.8 Å². The minimum atomic E-state index is -0.235. The number of H-pyrrole nitrogens is 1. The van der Waals surface area contributed by atoms with Gasteiger partial charge in [-0.15, -0.1) is 5.10 Å². The molecule has 0 atom stereocenters. The maximum absolute atomic E-state index is 11.7. The molecule has 0 radical (unpaired) electrons. The lowest BCUT2D eigenvalue weighted by atomic mass is 10.3. The van der Waals surface area contributed by atoms with Crippen LogP contribution in [-0.2, 0) is 0 Å². The molecule has 6 nitrogen and oxygen atoms in total. The number of nitrogens with one attached hydrogen (secondary N) is 1. The second kappa shape index (κ2) is 2.81. The molecule has 0 aliphatic carbocycles. The molecular weight excluding hydrogens is 194 g/mol. The van der Waals surface area contributed by atoms with Crippen LogP contribution in [0.5, 0.6) is 0 Å². The van der Waals surface area contributed by atoms with Crippen molar-refractivity contribution in [2.24, 2.45) is 0 Å². The van der Waals surface area contributed by atoms with Crippen LogP contribution in [-0.4, -0.2) is 24.5 Å². The maximum atomic E-state index is 11.7. The third kappa shape index (κ3) is 1.08. The Hall–Kier alpha value is -2.37. The summed E-state index contributed by atoms with van der Waals surface area (Å²) in [6.45, 7) is 0. The van der Waals surface area contributed by atoms with Crippen LogP contribution in [0.1, 0.15) is 0 Å². The van der Waals surface area contributed by atoms with E-state index in [4.69, 9.17) is 0 Å². The first-order valence-electron chi connectivity index (χ1n) is 4.41. The number of benzene rings is 1. The van der Waals surface area contributed by atoms with E-state index >= 15 is 0 Å². The molecule has 0 saturated carbocycles. The summed E-state index contributed by atoms with van der Waals surface area (Å²) in [5, 5.41) is 3.92. The van der Waals surface area contributed by atoms with Crippen LogP contribution in [0.4, 0.5) is 0 Å². The molecule has 0 saturated heterocycles. The Morgan fingerprint density at radius 3 is 2.93 bits per heavy atom. The third-order valence-corrected chi connectivity index (χ3v) is 2.18. The summed E-state index contributed by atoms with van der Waals surface area (Å²) in [5.41, 5.74) is 1.31. The number of aromatic amines is 1. The minimum absolute atomic E-state index is 0.235. The average Bonchev–Trinajstić information content (AvgIpc) is 2.82. The summed E-state index contributed by atoms with van der Waals surface area (Å²) in [4.78, 5) is 19.6. The van der Waals surface area contributed by atoms with Gasteiger partial charge in [-0.05, 0) is 12.1 Å². The highest BCUT2D eigenvalue weighted by molar-refractivity contribution is 5.74. The van der Waals surface area contributed by atoms with Gasteiger partial charge >= 0.3 is 5.69 Å². The first kappa shape index (κ1) is 7.98. The topological polar surface area (TPSA) is 68.5 Å². The summed E-state index contributed by atoms with van der Waals surface area (Å²) < 4.78 is 1.42. The van der Waals surface area contributed by atoms with Gasteiger partial charge in [-0.25, -0.2) is 9.78 Å². The fraction of sp³-hybridized carbons (Fsp3) is 0. The standard InChI is InChI=1S/C9H7N5O/c15-9-12-7-3-1-2-4-8(7)14(9)13-6-10-5-11-13/h1-6H,(H,12,15). The Morgan fingerprint density at radius 2 is 2.13 bits per heavy atom. The Bertz CT molecular complexity index is 649. The minimum Gasteiger partial charge on any atom is -0.304 e. The summed E-state index contributed by atoms with van der Waals surface area (Å²) in [7, 11) is 0. The normalized spacial score (nSPS) is 10.9. The number of rotatable bonds is 1. The predicted molar refractivity (Wildman–Crippen MR) is 53.4 cm³/mol. The van der Waals surface area contributed by atoms with Crippen molar-refractivity contribution in [1.82, 2.24) is 24.5 Å². The van der Waals surface area contributed by atoms with Crippen molar-refractivity contribution in [2.75, 3.05) is 0 Å². The van der Waals surface area contributed by atoms with Crippen LogP contribution >= 0.6 is 0 Å². The molecule has 0 aliphatic heterocycles. The van der Waals surface area contributed by atoms with Gasteiger partial charge in [0.25, 0.3) is 0 Å². The van der Waals surface area contributed by atoms with Crippen molar-refractivity contribution in [3.63, 3.8) is 0 Å². The number of para-hydroxylation sites is 2. The second-order valence-electron chi connectivity index (χ2n) is 3.07. The molecule has 2 aromatic heterocycles. The van der Waals surface area contributed by atoms with Crippen molar-refractivity contribution < 1.29 is 0 Å². The number of nitrogens with zero attached hydrogens (tertiary/aromatic N) is 4. The monoisotopic (exact) mass is 201 g/mol. The smallest absolute Gasteiger partial charge is 0.304 e. The number of hydrogen-bond donors (Lipinski definition) is 1. The highest BCUT2D eigenvalue weighted by Gasteiger charge is 2.06. The molecule has 0 spiro atoms. The van der Waals surface area contributed by atoms with Crippen LogP contribution in [0.15, 0.2) is 41.7 Å². The summed E-state index contributed by atoms with van der Waals surface area (Å²) in [5.74, 6) is 0. The quantitative estimate of drug-likeness (QED) is 0.612. The van der Waals surface area contributed by atoms with Crippen LogP contribution in [0.2, 0.25) is 0 Å². The molecule has 0 fully saturated rings. The molecule has 0 bridgehead atoms. The Morgan fingerprint density at radius 1 is 1.27 bits per heavy atom. The number of hydrogen-bond acceptors (Lipinski definition) is 3. The zero-order valence-corrected chi connectivity index (χ0v) is 7.66. The first-order chi connectivity index (χ1) is 7.36. The highest BCUT2D eigenvalue weighted by Crippen LogP contribution is 2.08. The van der Waals surface area contributed by atoms with E-state index in [2.05, 4.69) is 15.1 Å². The lowest BCUT2D eigenvalue weighted by Crippen LogP contribution is -2.23. The maximum Gasteiger partial charge on any atom is 0.347 e. The van der Waals surface area contributed by atoms with Gasteiger partial charge in [0.1, 0.15) is 12.7 Å². The zero-order chi connectivity index (χ0) is 10.3. The van der Waals surface area contributed by atoms with E-state index in [1.54, 1.807) is 0 Å². The molecule has 0 aliphatic rings. The van der Waals surface area contributed by atoms with Crippen molar-refractivity contribution in [3.8, 4) is 0 Å². The molecule has 3 rings (SSSR count). The van der Waals surface area contributed by atoms with E-state index in [1.165, 1.54) is 22.1 Å². The van der Waals surface area contributed by atoms with Gasteiger partial charge in [0.15, 0.2) is 0 Å². The molecule has 0 amide bonds. The van der Waals surface area contributed by atoms with Crippen molar-refractivity contribution in [2.45, 2.75) is 0 Å². The van der Waals surface area contributed by atoms with E-state index in [1.807, 2.05) is 24.3 Å². The molecule has 15 heavy (non-hydrogen) atoms. The molecule has 2 heterocycles. The van der Waals surface area contributed by atoms with Crippen molar-refractivity contribution >= 4 is 11.0 Å². The molecule has 1 N–H and O–H groups in total. The van der Waals surface area contributed by atoms with E-state index in [9.17, 15) is 4.79 Å². The summed E-state index contributed by atoms with van der Waals surface area (Å²) >= 11 is 0. The molecule has 3 aromatic rings. The molecule has 0 unspecified atom stereocenters.